The highest BCUT2D eigenvalue weighted by Crippen LogP contribution is 2.14. The molecule has 0 fully saturated rings. The van der Waals surface area contributed by atoms with Gasteiger partial charge in [-0.3, -0.25) is 38.4 Å². The largest absolute Gasteiger partial charge is 0.481 e. The molecule has 0 rings (SSSR count). The van der Waals surface area contributed by atoms with Gasteiger partial charge >= 0.3 is 11.9 Å². The Morgan fingerprint density at radius 2 is 0.797 bits per heavy atom. The molecule has 0 aromatic carbocycles. The fourth-order valence-corrected chi connectivity index (χ4v) is 7.26. The van der Waals surface area contributed by atoms with E-state index in [1.807, 2.05) is 0 Å². The van der Waals surface area contributed by atoms with E-state index < -0.39 is 53.3 Å². The second-order valence-electron chi connectivity index (χ2n) is 18.4. The lowest BCUT2D eigenvalue weighted by Crippen LogP contribution is -2.43. The van der Waals surface area contributed by atoms with E-state index in [9.17, 15) is 53.1 Å². The van der Waals surface area contributed by atoms with Crippen molar-refractivity contribution in [3.8, 4) is 0 Å². The smallest absolute Gasteiger partial charge is 0.326 e. The van der Waals surface area contributed by atoms with Gasteiger partial charge in [0.1, 0.15) is 19.3 Å². The van der Waals surface area contributed by atoms with Crippen molar-refractivity contribution in [2.75, 3.05) is 65.9 Å². The molecule has 0 aromatic rings. The van der Waals surface area contributed by atoms with Crippen molar-refractivity contribution in [2.24, 2.45) is 5.73 Å². The van der Waals surface area contributed by atoms with E-state index in [4.69, 9.17) is 37.6 Å². The van der Waals surface area contributed by atoms with E-state index in [-0.39, 0.29) is 141 Å². The van der Waals surface area contributed by atoms with Gasteiger partial charge < -0.3 is 71.6 Å². The third-order valence-corrected chi connectivity index (χ3v) is 11.5. The highest BCUT2D eigenvalue weighted by Gasteiger charge is 2.22. The van der Waals surface area contributed by atoms with Crippen LogP contribution >= 0.6 is 0 Å². The van der Waals surface area contributed by atoms with Crippen molar-refractivity contribution in [3.05, 3.63) is 0 Å². The van der Waals surface area contributed by atoms with E-state index >= 15 is 0 Å². The Morgan fingerprint density at radius 1 is 0.419 bits per heavy atom. The zero-order valence-electron chi connectivity index (χ0n) is 44.1. The Balaban J connectivity index is 3.91. The van der Waals surface area contributed by atoms with Crippen LogP contribution in [0.2, 0.25) is 0 Å². The van der Waals surface area contributed by atoms with Crippen molar-refractivity contribution in [3.63, 3.8) is 0 Å². The quantitative estimate of drug-likeness (QED) is 0.0311. The SMILES string of the molecule is [B]C(=O)C(CCC(N)=O)NC(=O)COCCOCCNC(=O)COCCOCCNC(=O)CCC(C)NC(=O)CCC(NC(=O)CCC(C)NC(=O)CCCCCCCCCCCCCCCCC(=O)O)C(=O)O. The first-order chi connectivity index (χ1) is 35.4. The van der Waals surface area contributed by atoms with Gasteiger partial charge in [0.2, 0.25) is 41.4 Å². The number of unbranched alkanes of at least 4 members (excludes halogenated alkanes) is 13. The second kappa shape index (κ2) is 46.3. The summed E-state index contributed by atoms with van der Waals surface area (Å²) in [5.41, 5.74) is 4.25. The van der Waals surface area contributed by atoms with Gasteiger partial charge in [0.05, 0.1) is 51.4 Å². The summed E-state index contributed by atoms with van der Waals surface area (Å²) in [6, 6.07) is -2.96. The molecule has 7 amide bonds. The zero-order chi connectivity index (χ0) is 55.2. The Kier molecular flexibility index (Phi) is 43.1. The Labute approximate surface area is 438 Å². The van der Waals surface area contributed by atoms with E-state index in [1.165, 1.54) is 44.9 Å². The standard InChI is InChI=1S/C50H88BN7O16/c1-37(19-24-42(60)53-27-29-71-31-33-73-35-46(64)54-28-30-72-32-34-74-36-47(65)57-39(49(51)68)21-23-41(52)59)56-44(62)26-22-40(50(69)70)58-45(63)25-20-38(2)55-43(61)17-15-13-11-9-7-5-3-4-6-8-10-12-14-16-18-48(66)67/h37-40H,3-36H2,1-2H3,(H2,52,59)(H,53,60)(H,54,64)(H,55,61)(H,56,62)(H,57,65)(H,58,63)(H,66,67)(H,69,70). The Hall–Kier alpha value is -5.20. The summed E-state index contributed by atoms with van der Waals surface area (Å²) in [4.78, 5) is 118. The van der Waals surface area contributed by atoms with Crippen LogP contribution in [0, 0.1) is 0 Å². The van der Waals surface area contributed by atoms with Crippen LogP contribution in [0.3, 0.4) is 0 Å². The maximum absolute atomic E-state index is 12.6. The van der Waals surface area contributed by atoms with Crippen LogP contribution in [0.1, 0.15) is 168 Å². The molecule has 23 nitrogen and oxygen atoms in total. The molecule has 4 atom stereocenters. The number of ether oxygens (including phenoxy) is 4. The number of nitrogens with two attached hydrogens (primary N) is 1. The van der Waals surface area contributed by atoms with Crippen LogP contribution in [-0.2, 0) is 66.9 Å². The molecular weight excluding hydrogens is 965 g/mol. The van der Waals surface area contributed by atoms with Crippen LogP contribution in [0.15, 0.2) is 0 Å². The summed E-state index contributed by atoms with van der Waals surface area (Å²) in [6.07, 6.45) is 16.4. The zero-order valence-corrected chi connectivity index (χ0v) is 44.1. The van der Waals surface area contributed by atoms with Crippen molar-refractivity contribution >= 4 is 66.8 Å². The van der Waals surface area contributed by atoms with Gasteiger partial charge in [-0.1, -0.05) is 77.0 Å². The lowest BCUT2D eigenvalue weighted by atomic mass is 9.92. The number of amides is 7. The molecule has 0 aromatic heterocycles. The number of hydrogen-bond acceptors (Lipinski definition) is 14. The molecule has 0 spiro atoms. The average molecular weight is 1050 g/mol. The third kappa shape index (κ3) is 45.4. The third-order valence-electron chi connectivity index (χ3n) is 11.5. The number of nitrogens with one attached hydrogen (secondary N) is 6. The molecule has 0 aliphatic rings. The van der Waals surface area contributed by atoms with Crippen LogP contribution < -0.4 is 37.6 Å². The molecule has 2 radical (unpaired) electrons. The first-order valence-electron chi connectivity index (χ1n) is 26.4. The normalized spacial score (nSPS) is 12.6. The molecule has 10 N–H and O–H groups in total. The molecule has 422 valence electrons. The lowest BCUT2D eigenvalue weighted by molar-refractivity contribution is -0.142. The number of primary amides is 1. The van der Waals surface area contributed by atoms with Gasteiger partial charge in [-0.15, -0.1) is 0 Å². The minimum absolute atomic E-state index is 0.00755. The molecule has 4 unspecified atom stereocenters. The van der Waals surface area contributed by atoms with Gasteiger partial charge in [0, 0.05) is 63.7 Å². The van der Waals surface area contributed by atoms with Crippen LogP contribution in [0.25, 0.3) is 0 Å². The van der Waals surface area contributed by atoms with Crippen molar-refractivity contribution in [1.29, 1.82) is 0 Å². The molecule has 0 heterocycles. The van der Waals surface area contributed by atoms with Crippen molar-refractivity contribution in [1.82, 2.24) is 31.9 Å². The fourth-order valence-electron chi connectivity index (χ4n) is 7.26. The minimum atomic E-state index is -1.27. The first kappa shape index (κ1) is 68.8. The molecule has 0 saturated heterocycles. The average Bonchev–Trinajstić information content (AvgIpc) is 3.33. The summed E-state index contributed by atoms with van der Waals surface area (Å²) in [5.74, 6) is -4.82. The van der Waals surface area contributed by atoms with Gasteiger partial charge in [-0.2, -0.15) is 0 Å². The van der Waals surface area contributed by atoms with E-state index in [2.05, 4.69) is 31.9 Å². The van der Waals surface area contributed by atoms with Crippen LogP contribution in [0.5, 0.6) is 0 Å². The highest BCUT2D eigenvalue weighted by molar-refractivity contribution is 6.59. The lowest BCUT2D eigenvalue weighted by Gasteiger charge is -2.18. The number of aliphatic carboxylic acids is 2. The Bertz CT molecular complexity index is 1640. The summed E-state index contributed by atoms with van der Waals surface area (Å²) in [7, 11) is 5.21. The van der Waals surface area contributed by atoms with Gasteiger partial charge in [0.15, 0.2) is 7.85 Å². The summed E-state index contributed by atoms with van der Waals surface area (Å²) in [6.45, 7) is 4.31. The highest BCUT2D eigenvalue weighted by atomic mass is 16.5. The van der Waals surface area contributed by atoms with Gasteiger partial charge in [0.25, 0.3) is 0 Å². The van der Waals surface area contributed by atoms with E-state index in [1.54, 1.807) is 13.8 Å². The number of carbonyl (C=O) groups excluding carboxylic acids is 8. The summed E-state index contributed by atoms with van der Waals surface area (Å²) >= 11 is 0. The predicted octanol–water partition coefficient (Wildman–Crippen LogP) is 1.98. The summed E-state index contributed by atoms with van der Waals surface area (Å²) in [5, 5.41) is 34.1. The summed E-state index contributed by atoms with van der Waals surface area (Å²) < 4.78 is 21.2. The molecule has 0 saturated carbocycles. The van der Waals surface area contributed by atoms with Crippen LogP contribution in [-0.4, -0.2) is 167 Å². The van der Waals surface area contributed by atoms with Gasteiger partial charge in [-0.05, 0) is 52.4 Å². The second-order valence-corrected chi connectivity index (χ2v) is 18.4. The number of carboxylic acid groups (broad SMARTS) is 2. The maximum Gasteiger partial charge on any atom is 0.326 e. The number of carbonyl (C=O) groups is 10. The van der Waals surface area contributed by atoms with E-state index in [0.29, 0.717) is 19.3 Å². The van der Waals surface area contributed by atoms with Crippen molar-refractivity contribution < 1.29 is 77.1 Å². The minimum Gasteiger partial charge on any atom is -0.481 e. The van der Waals surface area contributed by atoms with Crippen molar-refractivity contribution in [2.45, 2.75) is 192 Å². The molecule has 0 bridgehead atoms. The van der Waals surface area contributed by atoms with Gasteiger partial charge in [-0.25, -0.2) is 4.79 Å². The van der Waals surface area contributed by atoms with E-state index in [0.717, 1.165) is 44.9 Å². The molecule has 74 heavy (non-hydrogen) atoms. The maximum atomic E-state index is 12.6. The Morgan fingerprint density at radius 3 is 1.27 bits per heavy atom. The fraction of sp³-hybridized carbons (Fsp3) is 0.800. The molecular formula is C50H88BN7O16. The first-order valence-corrected chi connectivity index (χ1v) is 26.4. The molecule has 24 heteroatoms. The number of carboxylic acids is 2. The predicted molar refractivity (Wildman–Crippen MR) is 274 cm³/mol. The molecule has 0 aliphatic heterocycles. The van der Waals surface area contributed by atoms with Crippen LogP contribution in [0.4, 0.5) is 0 Å². The molecule has 0 aliphatic carbocycles. The monoisotopic (exact) mass is 1050 g/mol. The topological polar surface area (TPSA) is 346 Å². The number of rotatable bonds is 51. The number of hydrogen-bond donors (Lipinski definition) is 9.